The summed E-state index contributed by atoms with van der Waals surface area (Å²) in [5, 5.41) is 9.39. The minimum Gasteiger partial charge on any atom is -0.478 e. The van der Waals surface area contributed by atoms with Crippen molar-refractivity contribution in [3.05, 3.63) is 64.7 Å². The van der Waals surface area contributed by atoms with E-state index in [4.69, 9.17) is 4.74 Å². The highest BCUT2D eigenvalue weighted by atomic mass is 16.5. The molecule has 3 nitrogen and oxygen atoms in total. The van der Waals surface area contributed by atoms with Crippen LogP contribution in [-0.4, -0.2) is 17.2 Å². The Kier molecular flexibility index (Phi) is 4.63. The second-order valence-corrected chi connectivity index (χ2v) is 5.40. The molecule has 0 aliphatic heterocycles. The zero-order valence-corrected chi connectivity index (χ0v) is 12.6. The lowest BCUT2D eigenvalue weighted by Gasteiger charge is -2.17. The van der Waals surface area contributed by atoms with E-state index in [1.54, 1.807) is 6.07 Å². The van der Waals surface area contributed by atoms with Gasteiger partial charge < -0.3 is 9.84 Å². The summed E-state index contributed by atoms with van der Waals surface area (Å²) in [5.74, 6) is -0.358. The van der Waals surface area contributed by atoms with Crippen LogP contribution in [0.2, 0.25) is 0 Å². The predicted octanol–water partition coefficient (Wildman–Crippen LogP) is 3.69. The molecule has 0 aliphatic carbocycles. The van der Waals surface area contributed by atoms with Gasteiger partial charge in [-0.3, -0.25) is 0 Å². The lowest BCUT2D eigenvalue weighted by atomic mass is 10.0. The largest absolute Gasteiger partial charge is 0.478 e. The molecule has 0 fully saturated rings. The Balaban J connectivity index is 2.18. The Hall–Kier alpha value is -2.29. The molecule has 1 atom stereocenters. The highest BCUT2D eigenvalue weighted by molar-refractivity contribution is 5.73. The van der Waals surface area contributed by atoms with E-state index in [-0.39, 0.29) is 0 Å². The Morgan fingerprint density at radius 2 is 1.81 bits per heavy atom. The minimum atomic E-state index is -0.948. The first-order valence-electron chi connectivity index (χ1n) is 6.98. The summed E-state index contributed by atoms with van der Waals surface area (Å²) in [5.41, 5.74) is 4.31. The number of aliphatic carboxylic acids is 1. The molecule has 110 valence electrons. The van der Waals surface area contributed by atoms with Crippen LogP contribution in [-0.2, 0) is 11.2 Å². The van der Waals surface area contributed by atoms with Crippen LogP contribution < -0.4 is 4.74 Å². The number of carboxylic acids is 1. The molecule has 3 heteroatoms. The van der Waals surface area contributed by atoms with Gasteiger partial charge in [-0.15, -0.1) is 0 Å². The summed E-state index contributed by atoms with van der Waals surface area (Å²) in [6.07, 6.45) is -0.525. The van der Waals surface area contributed by atoms with Crippen LogP contribution in [0.3, 0.4) is 0 Å². The summed E-state index contributed by atoms with van der Waals surface area (Å²) in [6.45, 7) is 5.97. The normalized spacial score (nSPS) is 12.0. The molecule has 0 radical (unpaired) electrons. The number of hydrogen-bond acceptors (Lipinski definition) is 2. The van der Waals surface area contributed by atoms with Gasteiger partial charge in [0.25, 0.3) is 0 Å². The molecule has 0 spiro atoms. The summed E-state index contributed by atoms with van der Waals surface area (Å²) in [6, 6.07) is 13.5. The first kappa shape index (κ1) is 15.1. The molecule has 0 aliphatic rings. The third-order valence-electron chi connectivity index (χ3n) is 3.45. The maximum Gasteiger partial charge on any atom is 0.345 e. The highest BCUT2D eigenvalue weighted by Crippen LogP contribution is 2.18. The van der Waals surface area contributed by atoms with Crippen LogP contribution in [0.15, 0.2) is 42.5 Å². The zero-order chi connectivity index (χ0) is 15.4. The summed E-state index contributed by atoms with van der Waals surface area (Å²) in [4.78, 5) is 11.4. The van der Waals surface area contributed by atoms with Gasteiger partial charge in [-0.25, -0.2) is 4.79 Å². The standard InChI is InChI=1S/C18H20O3/c1-12-5-4-6-16(10-12)21-17(18(19)20)11-15-8-7-13(2)9-14(15)3/h4-10,17H,11H2,1-3H3,(H,19,20)/t17-/m0/s1. The second kappa shape index (κ2) is 6.44. The SMILES string of the molecule is Cc1cccc(O[C@@H](Cc2ccc(C)cc2C)C(=O)O)c1. The molecule has 2 aromatic carbocycles. The predicted molar refractivity (Wildman–Crippen MR) is 82.9 cm³/mol. The number of carboxylic acid groups (broad SMARTS) is 1. The maximum absolute atomic E-state index is 11.4. The molecule has 0 saturated heterocycles. The van der Waals surface area contributed by atoms with Crippen molar-refractivity contribution in [3.8, 4) is 5.75 Å². The van der Waals surface area contributed by atoms with Crippen molar-refractivity contribution in [2.24, 2.45) is 0 Å². The molecular weight excluding hydrogens is 264 g/mol. The van der Waals surface area contributed by atoms with Gasteiger partial charge in [0.1, 0.15) is 5.75 Å². The molecule has 1 N–H and O–H groups in total. The fraction of sp³-hybridized carbons (Fsp3) is 0.278. The molecule has 21 heavy (non-hydrogen) atoms. The van der Waals surface area contributed by atoms with E-state index >= 15 is 0 Å². The van der Waals surface area contributed by atoms with Gasteiger partial charge in [0.2, 0.25) is 0 Å². The number of ether oxygens (including phenoxy) is 1. The van der Waals surface area contributed by atoms with Gasteiger partial charge in [0, 0.05) is 6.42 Å². The third kappa shape index (κ3) is 4.09. The third-order valence-corrected chi connectivity index (χ3v) is 3.45. The van der Waals surface area contributed by atoms with Crippen molar-refractivity contribution in [1.82, 2.24) is 0 Å². The fourth-order valence-corrected chi connectivity index (χ4v) is 2.31. The van der Waals surface area contributed by atoms with E-state index < -0.39 is 12.1 Å². The molecule has 0 amide bonds. The van der Waals surface area contributed by atoms with Crippen molar-refractivity contribution >= 4 is 5.97 Å². The van der Waals surface area contributed by atoms with Crippen LogP contribution in [0.4, 0.5) is 0 Å². The molecule has 0 bridgehead atoms. The Labute approximate surface area is 125 Å². The second-order valence-electron chi connectivity index (χ2n) is 5.40. The van der Waals surface area contributed by atoms with Crippen LogP contribution in [0.1, 0.15) is 22.3 Å². The Bertz CT molecular complexity index is 647. The quantitative estimate of drug-likeness (QED) is 0.911. The van der Waals surface area contributed by atoms with Crippen molar-refractivity contribution in [3.63, 3.8) is 0 Å². The molecule has 0 heterocycles. The first-order valence-corrected chi connectivity index (χ1v) is 6.98. The van der Waals surface area contributed by atoms with Crippen molar-refractivity contribution < 1.29 is 14.6 Å². The molecule has 0 aromatic heterocycles. The van der Waals surface area contributed by atoms with Gasteiger partial charge in [-0.2, -0.15) is 0 Å². The van der Waals surface area contributed by atoms with Gasteiger partial charge in [0.15, 0.2) is 6.10 Å². The van der Waals surface area contributed by atoms with E-state index in [9.17, 15) is 9.90 Å². The monoisotopic (exact) mass is 284 g/mol. The number of benzene rings is 2. The lowest BCUT2D eigenvalue weighted by molar-refractivity contribution is -0.145. The first-order chi connectivity index (χ1) is 9.95. The zero-order valence-electron chi connectivity index (χ0n) is 12.6. The average molecular weight is 284 g/mol. The topological polar surface area (TPSA) is 46.5 Å². The van der Waals surface area contributed by atoms with Crippen LogP contribution in [0.25, 0.3) is 0 Å². The smallest absolute Gasteiger partial charge is 0.345 e. The van der Waals surface area contributed by atoms with Crippen molar-refractivity contribution in [1.29, 1.82) is 0 Å². The van der Waals surface area contributed by atoms with E-state index in [2.05, 4.69) is 6.07 Å². The van der Waals surface area contributed by atoms with Crippen molar-refractivity contribution in [2.75, 3.05) is 0 Å². The minimum absolute atomic E-state index is 0.357. The van der Waals surface area contributed by atoms with Gasteiger partial charge in [-0.05, 0) is 49.6 Å². The van der Waals surface area contributed by atoms with Gasteiger partial charge in [-0.1, -0.05) is 35.9 Å². The number of aryl methyl sites for hydroxylation is 3. The molecule has 0 saturated carbocycles. The fourth-order valence-electron chi connectivity index (χ4n) is 2.31. The molecule has 2 rings (SSSR count). The van der Waals surface area contributed by atoms with Crippen LogP contribution >= 0.6 is 0 Å². The summed E-state index contributed by atoms with van der Waals surface area (Å²) < 4.78 is 5.65. The Morgan fingerprint density at radius 1 is 1.10 bits per heavy atom. The van der Waals surface area contributed by atoms with E-state index in [0.29, 0.717) is 12.2 Å². The lowest BCUT2D eigenvalue weighted by Crippen LogP contribution is -2.29. The number of rotatable bonds is 5. The molecule has 2 aromatic rings. The number of hydrogen-bond donors (Lipinski definition) is 1. The molecular formula is C18H20O3. The number of carbonyl (C=O) groups is 1. The summed E-state index contributed by atoms with van der Waals surface area (Å²) in [7, 11) is 0. The Morgan fingerprint density at radius 3 is 2.43 bits per heavy atom. The van der Waals surface area contributed by atoms with Crippen LogP contribution in [0, 0.1) is 20.8 Å². The van der Waals surface area contributed by atoms with Gasteiger partial charge >= 0.3 is 5.97 Å². The average Bonchev–Trinajstić information content (AvgIpc) is 2.40. The van der Waals surface area contributed by atoms with Crippen molar-refractivity contribution in [2.45, 2.75) is 33.3 Å². The summed E-state index contributed by atoms with van der Waals surface area (Å²) >= 11 is 0. The molecule has 0 unspecified atom stereocenters. The van der Waals surface area contributed by atoms with Crippen LogP contribution in [0.5, 0.6) is 5.75 Å². The van der Waals surface area contributed by atoms with Gasteiger partial charge in [0.05, 0.1) is 0 Å². The highest BCUT2D eigenvalue weighted by Gasteiger charge is 2.21. The van der Waals surface area contributed by atoms with E-state index in [0.717, 1.165) is 16.7 Å². The van der Waals surface area contributed by atoms with E-state index in [1.165, 1.54) is 5.56 Å². The maximum atomic E-state index is 11.4. The van der Waals surface area contributed by atoms with E-state index in [1.807, 2.05) is 51.1 Å².